The first-order valence-electron chi connectivity index (χ1n) is 5.50. The summed E-state index contributed by atoms with van der Waals surface area (Å²) < 4.78 is 5.57. The molecular weight excluding hydrogens is 172 g/mol. The van der Waals surface area contributed by atoms with Crippen molar-refractivity contribution in [3.63, 3.8) is 0 Å². The summed E-state index contributed by atoms with van der Waals surface area (Å²) in [6, 6.07) is 0. The minimum Gasteiger partial charge on any atom is -0.372 e. The molecule has 0 aliphatic rings. The molecule has 0 aromatic rings. The largest absolute Gasteiger partial charge is 0.372 e. The molecule has 0 saturated heterocycles. The highest BCUT2D eigenvalue weighted by Crippen LogP contribution is 2.20. The van der Waals surface area contributed by atoms with E-state index in [9.17, 15) is 0 Å². The van der Waals surface area contributed by atoms with Gasteiger partial charge in [0.05, 0.1) is 12.2 Å². The Balaban J connectivity index is 3.47. The fourth-order valence-corrected chi connectivity index (χ4v) is 1.00. The second-order valence-corrected chi connectivity index (χ2v) is 5.99. The molecule has 0 radical (unpaired) electrons. The van der Waals surface area contributed by atoms with E-state index in [4.69, 9.17) is 4.74 Å². The molecule has 0 aliphatic carbocycles. The van der Waals surface area contributed by atoms with Crippen molar-refractivity contribution < 1.29 is 4.74 Å². The number of hydrogen-bond acceptors (Lipinski definition) is 1. The Hall–Kier alpha value is -0.300. The smallest absolute Gasteiger partial charge is 0.0654 e. The van der Waals surface area contributed by atoms with E-state index in [1.807, 2.05) is 0 Å². The lowest BCUT2D eigenvalue weighted by Crippen LogP contribution is -2.18. The number of hydrogen-bond donors (Lipinski definition) is 0. The van der Waals surface area contributed by atoms with Gasteiger partial charge in [-0.05, 0) is 39.0 Å². The molecule has 0 spiro atoms. The molecule has 0 atom stereocenters. The van der Waals surface area contributed by atoms with E-state index in [-0.39, 0.29) is 5.60 Å². The third kappa shape index (κ3) is 11.7. The molecule has 1 heteroatoms. The molecule has 0 aromatic heterocycles. The topological polar surface area (TPSA) is 9.23 Å². The van der Waals surface area contributed by atoms with E-state index in [0.717, 1.165) is 13.0 Å². The second-order valence-electron chi connectivity index (χ2n) is 5.99. The van der Waals surface area contributed by atoms with Gasteiger partial charge < -0.3 is 4.74 Å². The summed E-state index contributed by atoms with van der Waals surface area (Å²) in [4.78, 5) is 0. The van der Waals surface area contributed by atoms with Crippen LogP contribution in [0.1, 0.15) is 54.4 Å². The maximum absolute atomic E-state index is 5.57. The molecule has 14 heavy (non-hydrogen) atoms. The predicted molar refractivity (Wildman–Crippen MR) is 63.5 cm³/mol. The predicted octanol–water partition coefficient (Wildman–Crippen LogP) is 4.18. The maximum atomic E-state index is 5.57. The minimum absolute atomic E-state index is 0.0195. The Labute approximate surface area is 89.5 Å². The van der Waals surface area contributed by atoms with Crippen LogP contribution in [0.3, 0.4) is 0 Å². The molecule has 0 N–H and O–H groups in total. The van der Waals surface area contributed by atoms with Crippen LogP contribution in [-0.2, 0) is 4.74 Å². The monoisotopic (exact) mass is 198 g/mol. The molecule has 0 amide bonds. The summed E-state index contributed by atoms with van der Waals surface area (Å²) in [5, 5.41) is 0. The van der Waals surface area contributed by atoms with E-state index in [1.54, 1.807) is 0 Å². The highest BCUT2D eigenvalue weighted by Gasteiger charge is 2.08. The molecule has 0 aromatic carbocycles. The third-order valence-corrected chi connectivity index (χ3v) is 1.84. The minimum atomic E-state index is -0.0195. The van der Waals surface area contributed by atoms with Gasteiger partial charge in [-0.25, -0.2) is 0 Å². The Bertz CT molecular complexity index is 147. The summed E-state index contributed by atoms with van der Waals surface area (Å²) in [5.74, 6) is 0. The van der Waals surface area contributed by atoms with Gasteiger partial charge in [0.2, 0.25) is 0 Å². The fourth-order valence-electron chi connectivity index (χ4n) is 1.00. The van der Waals surface area contributed by atoms with E-state index in [2.05, 4.69) is 53.7 Å². The molecule has 0 heterocycles. The lowest BCUT2D eigenvalue weighted by molar-refractivity contribution is 0.0149. The van der Waals surface area contributed by atoms with Gasteiger partial charge in [0.25, 0.3) is 0 Å². The van der Waals surface area contributed by atoms with Crippen LogP contribution in [0.15, 0.2) is 12.2 Å². The summed E-state index contributed by atoms with van der Waals surface area (Å²) in [5.41, 5.74) is 0.420. The van der Waals surface area contributed by atoms with Crippen molar-refractivity contribution in [1.82, 2.24) is 0 Å². The van der Waals surface area contributed by atoms with Crippen molar-refractivity contribution in [1.29, 1.82) is 0 Å². The van der Waals surface area contributed by atoms with Crippen LogP contribution in [0.25, 0.3) is 0 Å². The zero-order valence-electron chi connectivity index (χ0n) is 10.7. The van der Waals surface area contributed by atoms with E-state index in [1.165, 1.54) is 6.42 Å². The van der Waals surface area contributed by atoms with Crippen molar-refractivity contribution in [2.45, 2.75) is 60.0 Å². The SMILES string of the molecule is CC(C)(C)CC/C=C\COC(C)(C)C. The molecule has 0 aliphatic heterocycles. The molecular formula is C13H26O. The van der Waals surface area contributed by atoms with Gasteiger partial charge >= 0.3 is 0 Å². The molecule has 0 bridgehead atoms. The van der Waals surface area contributed by atoms with Gasteiger partial charge in [-0.1, -0.05) is 32.9 Å². The van der Waals surface area contributed by atoms with E-state index in [0.29, 0.717) is 5.41 Å². The van der Waals surface area contributed by atoms with Crippen LogP contribution in [-0.4, -0.2) is 12.2 Å². The first kappa shape index (κ1) is 13.7. The quantitative estimate of drug-likeness (QED) is 0.616. The van der Waals surface area contributed by atoms with Crippen molar-refractivity contribution in [2.75, 3.05) is 6.61 Å². The first-order valence-corrected chi connectivity index (χ1v) is 5.50. The average Bonchev–Trinajstić information content (AvgIpc) is 1.92. The van der Waals surface area contributed by atoms with Crippen LogP contribution in [0, 0.1) is 5.41 Å². The molecule has 0 rings (SSSR count). The number of ether oxygens (including phenoxy) is 1. The summed E-state index contributed by atoms with van der Waals surface area (Å²) in [7, 11) is 0. The average molecular weight is 198 g/mol. The number of allylic oxidation sites excluding steroid dienone is 1. The molecule has 84 valence electrons. The molecule has 1 nitrogen and oxygen atoms in total. The lowest BCUT2D eigenvalue weighted by Gasteiger charge is -2.18. The zero-order valence-corrected chi connectivity index (χ0v) is 10.7. The highest BCUT2D eigenvalue weighted by molar-refractivity contribution is 4.83. The van der Waals surface area contributed by atoms with E-state index < -0.39 is 0 Å². The highest BCUT2D eigenvalue weighted by atomic mass is 16.5. The van der Waals surface area contributed by atoms with Gasteiger partial charge in [-0.2, -0.15) is 0 Å². The standard InChI is InChI=1S/C13H26O/c1-12(2,3)10-8-7-9-11-14-13(4,5)6/h7,9H,8,10-11H2,1-6H3/b9-7-. The van der Waals surface area contributed by atoms with Crippen molar-refractivity contribution >= 4 is 0 Å². The zero-order chi connectivity index (χ0) is 11.2. The van der Waals surface area contributed by atoms with Gasteiger partial charge in [-0.3, -0.25) is 0 Å². The van der Waals surface area contributed by atoms with Gasteiger partial charge in [-0.15, -0.1) is 0 Å². The van der Waals surface area contributed by atoms with Crippen LogP contribution in [0.5, 0.6) is 0 Å². The van der Waals surface area contributed by atoms with Crippen molar-refractivity contribution in [3.05, 3.63) is 12.2 Å². The lowest BCUT2D eigenvalue weighted by atomic mass is 9.90. The Morgan fingerprint density at radius 3 is 1.93 bits per heavy atom. The van der Waals surface area contributed by atoms with Crippen molar-refractivity contribution in [3.8, 4) is 0 Å². The van der Waals surface area contributed by atoms with Gasteiger partial charge in [0.1, 0.15) is 0 Å². The molecule has 0 unspecified atom stereocenters. The first-order chi connectivity index (χ1) is 6.21. The Morgan fingerprint density at radius 2 is 1.50 bits per heavy atom. The summed E-state index contributed by atoms with van der Waals surface area (Å²) >= 11 is 0. The second kappa shape index (κ2) is 5.55. The van der Waals surface area contributed by atoms with Crippen LogP contribution >= 0.6 is 0 Å². The molecule has 0 fully saturated rings. The summed E-state index contributed by atoms with van der Waals surface area (Å²) in [6.45, 7) is 13.8. The Morgan fingerprint density at radius 1 is 0.929 bits per heavy atom. The normalized spacial score (nSPS) is 13.9. The summed E-state index contributed by atoms with van der Waals surface area (Å²) in [6.07, 6.45) is 6.73. The number of rotatable bonds is 4. The Kier molecular flexibility index (Phi) is 5.43. The van der Waals surface area contributed by atoms with Crippen molar-refractivity contribution in [2.24, 2.45) is 5.41 Å². The van der Waals surface area contributed by atoms with Gasteiger partial charge in [0, 0.05) is 0 Å². The van der Waals surface area contributed by atoms with E-state index >= 15 is 0 Å². The third-order valence-electron chi connectivity index (χ3n) is 1.84. The fraction of sp³-hybridized carbons (Fsp3) is 0.846. The maximum Gasteiger partial charge on any atom is 0.0654 e. The van der Waals surface area contributed by atoms with Crippen LogP contribution in [0.4, 0.5) is 0 Å². The van der Waals surface area contributed by atoms with Crippen LogP contribution in [0.2, 0.25) is 0 Å². The van der Waals surface area contributed by atoms with Crippen LogP contribution < -0.4 is 0 Å². The van der Waals surface area contributed by atoms with Gasteiger partial charge in [0.15, 0.2) is 0 Å². The molecule has 0 saturated carbocycles.